The van der Waals surface area contributed by atoms with Crippen LogP contribution in [0.15, 0.2) is 30.5 Å². The summed E-state index contributed by atoms with van der Waals surface area (Å²) in [6.45, 7) is 2.28. The SMILES string of the molecule is Cc1ncccc1OCC(=O)NCc1ccc(Cl)s1. The molecule has 1 N–H and O–H groups in total. The number of nitrogens with zero attached hydrogens (tertiary/aromatic N) is 1. The third kappa shape index (κ3) is 4.22. The predicted octanol–water partition coefficient (Wildman–Crippen LogP) is 2.80. The molecule has 0 saturated heterocycles. The number of ether oxygens (including phenoxy) is 1. The van der Waals surface area contributed by atoms with Gasteiger partial charge in [0.15, 0.2) is 6.61 Å². The molecule has 0 unspecified atom stereocenters. The Hall–Kier alpha value is -1.59. The van der Waals surface area contributed by atoms with E-state index in [1.165, 1.54) is 11.3 Å². The Labute approximate surface area is 120 Å². The zero-order valence-corrected chi connectivity index (χ0v) is 11.9. The fourth-order valence-electron chi connectivity index (χ4n) is 1.45. The van der Waals surface area contributed by atoms with Crippen molar-refractivity contribution < 1.29 is 9.53 Å². The van der Waals surface area contributed by atoms with Crippen LogP contribution >= 0.6 is 22.9 Å². The van der Waals surface area contributed by atoms with E-state index in [9.17, 15) is 4.79 Å². The Bertz CT molecular complexity index is 571. The number of pyridine rings is 1. The van der Waals surface area contributed by atoms with E-state index in [2.05, 4.69) is 10.3 Å². The molecule has 0 radical (unpaired) electrons. The van der Waals surface area contributed by atoms with Crippen LogP contribution in [-0.2, 0) is 11.3 Å². The van der Waals surface area contributed by atoms with E-state index in [0.717, 1.165) is 10.6 Å². The topological polar surface area (TPSA) is 51.2 Å². The highest BCUT2D eigenvalue weighted by atomic mass is 35.5. The van der Waals surface area contributed by atoms with Crippen LogP contribution in [0.5, 0.6) is 5.75 Å². The molecule has 2 heterocycles. The average Bonchev–Trinajstić information content (AvgIpc) is 2.81. The summed E-state index contributed by atoms with van der Waals surface area (Å²) < 4.78 is 6.11. The summed E-state index contributed by atoms with van der Waals surface area (Å²) in [6.07, 6.45) is 1.68. The van der Waals surface area contributed by atoms with Gasteiger partial charge in [0.1, 0.15) is 5.75 Å². The molecule has 2 rings (SSSR count). The van der Waals surface area contributed by atoms with E-state index in [1.807, 2.05) is 19.1 Å². The molecule has 0 fully saturated rings. The number of aryl methyl sites for hydroxylation is 1. The Morgan fingerprint density at radius 3 is 3.00 bits per heavy atom. The molecular weight excluding hydrogens is 284 g/mol. The maximum Gasteiger partial charge on any atom is 0.258 e. The quantitative estimate of drug-likeness (QED) is 0.923. The van der Waals surface area contributed by atoms with Crippen LogP contribution in [0.25, 0.3) is 0 Å². The zero-order chi connectivity index (χ0) is 13.7. The van der Waals surface area contributed by atoms with Crippen LogP contribution in [0.1, 0.15) is 10.6 Å². The summed E-state index contributed by atoms with van der Waals surface area (Å²) in [7, 11) is 0. The van der Waals surface area contributed by atoms with Gasteiger partial charge in [-0.1, -0.05) is 11.6 Å². The molecule has 0 bridgehead atoms. The van der Waals surface area contributed by atoms with Gasteiger partial charge >= 0.3 is 0 Å². The number of amides is 1. The maximum atomic E-state index is 11.6. The second kappa shape index (κ2) is 6.54. The molecule has 0 aliphatic rings. The predicted molar refractivity (Wildman–Crippen MR) is 75.6 cm³/mol. The standard InChI is InChI=1S/C13H13ClN2O2S/c1-9-11(3-2-6-15-9)18-8-13(17)16-7-10-4-5-12(14)19-10/h2-6H,7-8H2,1H3,(H,16,17). The lowest BCUT2D eigenvalue weighted by Crippen LogP contribution is -2.28. The van der Waals surface area contributed by atoms with Gasteiger partial charge in [-0.2, -0.15) is 0 Å². The highest BCUT2D eigenvalue weighted by molar-refractivity contribution is 7.16. The molecule has 0 atom stereocenters. The molecule has 19 heavy (non-hydrogen) atoms. The molecule has 1 amide bonds. The zero-order valence-electron chi connectivity index (χ0n) is 10.4. The number of carbonyl (C=O) groups is 1. The Kier molecular flexibility index (Phi) is 4.76. The van der Waals surface area contributed by atoms with E-state index in [-0.39, 0.29) is 12.5 Å². The van der Waals surface area contributed by atoms with Gasteiger partial charge in [0.05, 0.1) is 16.6 Å². The van der Waals surface area contributed by atoms with Crippen LogP contribution in [0.3, 0.4) is 0 Å². The largest absolute Gasteiger partial charge is 0.482 e. The van der Waals surface area contributed by atoms with E-state index in [4.69, 9.17) is 16.3 Å². The van der Waals surface area contributed by atoms with Crippen molar-refractivity contribution in [3.63, 3.8) is 0 Å². The number of nitrogens with one attached hydrogen (secondary N) is 1. The van der Waals surface area contributed by atoms with Gasteiger partial charge in [0, 0.05) is 11.1 Å². The van der Waals surface area contributed by atoms with E-state index >= 15 is 0 Å². The molecule has 2 aromatic heterocycles. The van der Waals surface area contributed by atoms with Crippen molar-refractivity contribution >= 4 is 28.8 Å². The number of halogens is 1. The summed E-state index contributed by atoms with van der Waals surface area (Å²) in [4.78, 5) is 16.7. The van der Waals surface area contributed by atoms with Gasteiger partial charge in [-0.3, -0.25) is 9.78 Å². The number of carbonyl (C=O) groups excluding carboxylic acids is 1. The fourth-order valence-corrected chi connectivity index (χ4v) is 2.48. The molecule has 6 heteroatoms. The fraction of sp³-hybridized carbons (Fsp3) is 0.231. The average molecular weight is 297 g/mol. The Balaban J connectivity index is 1.77. The first-order valence-corrected chi connectivity index (χ1v) is 6.90. The molecule has 0 aromatic carbocycles. The summed E-state index contributed by atoms with van der Waals surface area (Å²) in [6, 6.07) is 7.26. The minimum atomic E-state index is -0.173. The van der Waals surface area contributed by atoms with Crippen LogP contribution in [-0.4, -0.2) is 17.5 Å². The second-order valence-electron chi connectivity index (χ2n) is 3.86. The molecule has 0 aliphatic carbocycles. The first-order chi connectivity index (χ1) is 9.15. The van der Waals surface area contributed by atoms with Gasteiger partial charge in [-0.05, 0) is 31.2 Å². The number of hydrogen-bond donors (Lipinski definition) is 1. The summed E-state index contributed by atoms with van der Waals surface area (Å²) in [5, 5.41) is 2.77. The highest BCUT2D eigenvalue weighted by Gasteiger charge is 2.05. The lowest BCUT2D eigenvalue weighted by molar-refractivity contribution is -0.123. The van der Waals surface area contributed by atoms with Crippen molar-refractivity contribution in [1.29, 1.82) is 0 Å². The van der Waals surface area contributed by atoms with Crippen LogP contribution in [0.2, 0.25) is 4.34 Å². The summed E-state index contributed by atoms with van der Waals surface area (Å²) in [5.41, 5.74) is 0.764. The van der Waals surface area contributed by atoms with Gasteiger partial charge in [0.25, 0.3) is 5.91 Å². The maximum absolute atomic E-state index is 11.6. The molecule has 0 saturated carbocycles. The smallest absolute Gasteiger partial charge is 0.258 e. The summed E-state index contributed by atoms with van der Waals surface area (Å²) >= 11 is 7.26. The van der Waals surface area contributed by atoms with Gasteiger partial charge in [-0.25, -0.2) is 0 Å². The van der Waals surface area contributed by atoms with Crippen molar-refractivity contribution in [2.24, 2.45) is 0 Å². The molecule has 0 aliphatic heterocycles. The van der Waals surface area contributed by atoms with Gasteiger partial charge in [0.2, 0.25) is 0 Å². The number of hydrogen-bond acceptors (Lipinski definition) is 4. The van der Waals surface area contributed by atoms with Crippen molar-refractivity contribution in [2.45, 2.75) is 13.5 Å². The summed E-state index contributed by atoms with van der Waals surface area (Å²) in [5.74, 6) is 0.449. The second-order valence-corrected chi connectivity index (χ2v) is 5.66. The van der Waals surface area contributed by atoms with Crippen LogP contribution in [0.4, 0.5) is 0 Å². The van der Waals surface area contributed by atoms with Crippen LogP contribution in [0, 0.1) is 6.92 Å². The minimum absolute atomic E-state index is 0.0222. The Morgan fingerprint density at radius 1 is 1.47 bits per heavy atom. The van der Waals surface area contributed by atoms with E-state index in [1.54, 1.807) is 18.3 Å². The monoisotopic (exact) mass is 296 g/mol. The van der Waals surface area contributed by atoms with Crippen molar-refractivity contribution in [1.82, 2.24) is 10.3 Å². The van der Waals surface area contributed by atoms with E-state index < -0.39 is 0 Å². The van der Waals surface area contributed by atoms with Crippen molar-refractivity contribution in [3.8, 4) is 5.75 Å². The van der Waals surface area contributed by atoms with Crippen molar-refractivity contribution in [3.05, 3.63) is 45.4 Å². The van der Waals surface area contributed by atoms with Crippen LogP contribution < -0.4 is 10.1 Å². The number of aromatic nitrogens is 1. The molecule has 100 valence electrons. The minimum Gasteiger partial charge on any atom is -0.482 e. The normalized spacial score (nSPS) is 10.2. The number of rotatable bonds is 5. The lowest BCUT2D eigenvalue weighted by Gasteiger charge is -2.08. The van der Waals surface area contributed by atoms with Gasteiger partial charge in [-0.15, -0.1) is 11.3 Å². The third-order valence-electron chi connectivity index (χ3n) is 2.41. The third-order valence-corrected chi connectivity index (χ3v) is 3.64. The molecular formula is C13H13ClN2O2S. The van der Waals surface area contributed by atoms with E-state index in [0.29, 0.717) is 16.6 Å². The van der Waals surface area contributed by atoms with Gasteiger partial charge < -0.3 is 10.1 Å². The number of thiophene rings is 1. The van der Waals surface area contributed by atoms with Crippen molar-refractivity contribution in [2.75, 3.05) is 6.61 Å². The Morgan fingerprint density at radius 2 is 2.32 bits per heavy atom. The molecule has 0 spiro atoms. The molecule has 4 nitrogen and oxygen atoms in total. The molecule has 2 aromatic rings. The highest BCUT2D eigenvalue weighted by Crippen LogP contribution is 2.21. The lowest BCUT2D eigenvalue weighted by atomic mass is 10.3. The first-order valence-electron chi connectivity index (χ1n) is 5.70. The first kappa shape index (κ1) is 13.8.